The van der Waals surface area contributed by atoms with Gasteiger partial charge in [-0.1, -0.05) is 6.07 Å². The molecule has 2 rings (SSSR count). The van der Waals surface area contributed by atoms with Gasteiger partial charge in [-0.2, -0.15) is 0 Å². The molecule has 1 aromatic rings. The molecule has 8 nitrogen and oxygen atoms in total. The van der Waals surface area contributed by atoms with Gasteiger partial charge < -0.3 is 29.9 Å². The average molecular weight is 312 g/mol. The summed E-state index contributed by atoms with van der Waals surface area (Å²) in [6, 6.07) is 4.22. The number of ether oxygens (including phenoxy) is 2. The number of Topliss-reactive ketones (excluding diaryl/α,β-unsaturated/α-hetero) is 2. The lowest BCUT2D eigenvalue weighted by Gasteiger charge is -2.30. The normalized spacial score (nSPS) is 25.5. The summed E-state index contributed by atoms with van der Waals surface area (Å²) >= 11 is 0. The highest BCUT2D eigenvalue weighted by Crippen LogP contribution is 2.25. The highest BCUT2D eigenvalue weighted by Gasteiger charge is 2.43. The van der Waals surface area contributed by atoms with Crippen LogP contribution in [-0.4, -0.2) is 63.7 Å². The van der Waals surface area contributed by atoms with Crippen molar-refractivity contribution in [2.45, 2.75) is 24.9 Å². The number of aliphatic hydroxyl groups is 2. The topological polar surface area (TPSA) is 134 Å². The van der Waals surface area contributed by atoms with E-state index in [1.165, 1.54) is 12.1 Å². The Bertz CT molecular complexity index is 570. The highest BCUT2D eigenvalue weighted by molar-refractivity contribution is 6.40. The SMILES string of the molecule is O=C1C(=O)[C@H](O)[C@@H](CO)O[C@H]1OCCc1ccc(O)c(O)c1. The van der Waals surface area contributed by atoms with Gasteiger partial charge in [-0.05, 0) is 24.1 Å². The maximum atomic E-state index is 11.6. The first-order valence-corrected chi connectivity index (χ1v) is 6.59. The molecule has 1 heterocycles. The van der Waals surface area contributed by atoms with Crippen molar-refractivity contribution in [3.8, 4) is 11.5 Å². The van der Waals surface area contributed by atoms with Crippen molar-refractivity contribution >= 4 is 11.6 Å². The molecule has 0 bridgehead atoms. The van der Waals surface area contributed by atoms with Gasteiger partial charge in [0.05, 0.1) is 13.2 Å². The number of rotatable bonds is 5. The van der Waals surface area contributed by atoms with Crippen LogP contribution in [0.2, 0.25) is 0 Å². The van der Waals surface area contributed by atoms with Crippen molar-refractivity contribution in [2.75, 3.05) is 13.2 Å². The smallest absolute Gasteiger partial charge is 0.257 e. The first kappa shape index (κ1) is 16.4. The van der Waals surface area contributed by atoms with Gasteiger partial charge in [-0.25, -0.2) is 0 Å². The molecule has 0 saturated carbocycles. The molecule has 120 valence electrons. The minimum Gasteiger partial charge on any atom is -0.504 e. The molecule has 0 radical (unpaired) electrons. The second kappa shape index (κ2) is 6.84. The van der Waals surface area contributed by atoms with Crippen LogP contribution in [0, 0.1) is 0 Å². The molecule has 1 fully saturated rings. The Balaban J connectivity index is 1.91. The molecule has 1 aliphatic rings. The summed E-state index contributed by atoms with van der Waals surface area (Å²) in [7, 11) is 0. The summed E-state index contributed by atoms with van der Waals surface area (Å²) < 4.78 is 10.2. The van der Waals surface area contributed by atoms with E-state index in [1.807, 2.05) is 0 Å². The molecule has 1 aromatic carbocycles. The monoisotopic (exact) mass is 312 g/mol. The third-order valence-electron chi connectivity index (χ3n) is 3.26. The first-order chi connectivity index (χ1) is 10.4. The summed E-state index contributed by atoms with van der Waals surface area (Å²) in [6.07, 6.45) is -4.07. The lowest BCUT2D eigenvalue weighted by Crippen LogP contribution is -2.54. The van der Waals surface area contributed by atoms with E-state index in [9.17, 15) is 24.9 Å². The number of phenols is 2. The van der Waals surface area contributed by atoms with Crippen LogP contribution in [0.3, 0.4) is 0 Å². The van der Waals surface area contributed by atoms with E-state index in [2.05, 4.69) is 0 Å². The Morgan fingerprint density at radius 1 is 1.14 bits per heavy atom. The van der Waals surface area contributed by atoms with Crippen molar-refractivity contribution in [1.29, 1.82) is 0 Å². The van der Waals surface area contributed by atoms with E-state index in [0.717, 1.165) is 0 Å². The highest BCUT2D eigenvalue weighted by atomic mass is 16.7. The zero-order valence-corrected chi connectivity index (χ0v) is 11.5. The molecule has 3 atom stereocenters. The van der Waals surface area contributed by atoms with Crippen LogP contribution in [0.5, 0.6) is 11.5 Å². The van der Waals surface area contributed by atoms with Crippen molar-refractivity contribution in [2.24, 2.45) is 0 Å². The van der Waals surface area contributed by atoms with Gasteiger partial charge in [-0.15, -0.1) is 0 Å². The molecule has 0 spiro atoms. The van der Waals surface area contributed by atoms with Crippen molar-refractivity contribution in [1.82, 2.24) is 0 Å². The maximum Gasteiger partial charge on any atom is 0.257 e. The fourth-order valence-electron chi connectivity index (χ4n) is 1.99. The largest absolute Gasteiger partial charge is 0.504 e. The number of aromatic hydroxyl groups is 2. The Labute approximate surface area is 125 Å². The van der Waals surface area contributed by atoms with Crippen LogP contribution in [0.1, 0.15) is 5.56 Å². The summed E-state index contributed by atoms with van der Waals surface area (Å²) in [5, 5.41) is 36.9. The zero-order chi connectivity index (χ0) is 16.3. The number of hydrogen-bond acceptors (Lipinski definition) is 8. The second-order valence-corrected chi connectivity index (χ2v) is 4.81. The minimum atomic E-state index is -1.69. The molecule has 0 amide bonds. The number of carbonyl (C=O) groups excluding carboxylic acids is 2. The molecule has 0 unspecified atom stereocenters. The quantitative estimate of drug-likeness (QED) is 0.396. The summed E-state index contributed by atoms with van der Waals surface area (Å²) in [5.74, 6) is -2.59. The van der Waals surface area contributed by atoms with Gasteiger partial charge in [0.1, 0.15) is 12.2 Å². The van der Waals surface area contributed by atoms with Crippen LogP contribution in [0.4, 0.5) is 0 Å². The molecule has 22 heavy (non-hydrogen) atoms. The van der Waals surface area contributed by atoms with Gasteiger partial charge in [0.25, 0.3) is 5.78 Å². The van der Waals surface area contributed by atoms with Gasteiger partial charge in [-0.3, -0.25) is 9.59 Å². The van der Waals surface area contributed by atoms with E-state index in [1.54, 1.807) is 6.07 Å². The Morgan fingerprint density at radius 2 is 1.86 bits per heavy atom. The van der Waals surface area contributed by atoms with E-state index >= 15 is 0 Å². The number of benzene rings is 1. The summed E-state index contributed by atoms with van der Waals surface area (Å²) in [5.41, 5.74) is 0.642. The molecule has 8 heteroatoms. The fourth-order valence-corrected chi connectivity index (χ4v) is 1.99. The molecule has 1 aliphatic heterocycles. The number of hydrogen-bond donors (Lipinski definition) is 4. The van der Waals surface area contributed by atoms with Crippen molar-refractivity contribution in [3.63, 3.8) is 0 Å². The van der Waals surface area contributed by atoms with Crippen molar-refractivity contribution in [3.05, 3.63) is 23.8 Å². The van der Waals surface area contributed by atoms with Crippen LogP contribution in [0.15, 0.2) is 18.2 Å². The van der Waals surface area contributed by atoms with Gasteiger partial charge in [0, 0.05) is 0 Å². The second-order valence-electron chi connectivity index (χ2n) is 4.81. The maximum absolute atomic E-state index is 11.6. The van der Waals surface area contributed by atoms with E-state index < -0.39 is 36.7 Å². The Morgan fingerprint density at radius 3 is 2.50 bits per heavy atom. The first-order valence-electron chi connectivity index (χ1n) is 6.59. The van der Waals surface area contributed by atoms with E-state index in [-0.39, 0.29) is 18.1 Å². The number of ketones is 2. The van der Waals surface area contributed by atoms with Crippen LogP contribution >= 0.6 is 0 Å². The van der Waals surface area contributed by atoms with Crippen LogP contribution in [-0.2, 0) is 25.5 Å². The number of phenolic OH excluding ortho intramolecular Hbond substituents is 2. The van der Waals surface area contributed by atoms with Gasteiger partial charge in [0.15, 0.2) is 11.5 Å². The van der Waals surface area contributed by atoms with E-state index in [4.69, 9.17) is 14.6 Å². The lowest BCUT2D eigenvalue weighted by atomic mass is 10.0. The van der Waals surface area contributed by atoms with E-state index in [0.29, 0.717) is 12.0 Å². The predicted octanol–water partition coefficient (Wildman–Crippen LogP) is -1.13. The summed E-state index contributed by atoms with van der Waals surface area (Å²) in [4.78, 5) is 23.1. The number of aliphatic hydroxyl groups excluding tert-OH is 2. The average Bonchev–Trinajstić information content (AvgIpc) is 2.51. The Hall–Kier alpha value is -2.00. The van der Waals surface area contributed by atoms with Gasteiger partial charge >= 0.3 is 0 Å². The third kappa shape index (κ3) is 3.42. The van der Waals surface area contributed by atoms with Crippen LogP contribution < -0.4 is 0 Å². The molecule has 0 aliphatic carbocycles. The third-order valence-corrected chi connectivity index (χ3v) is 3.26. The standard InChI is InChI=1S/C14H16O8/c15-6-10-11(18)12(19)13(20)14(22-10)21-4-3-7-1-2-8(16)9(17)5-7/h1-2,5,10-11,14-18H,3-4,6H2/t10-,11-,14-/m1/s1. The molecular weight excluding hydrogens is 296 g/mol. The van der Waals surface area contributed by atoms with Gasteiger partial charge in [0.2, 0.25) is 12.1 Å². The fraction of sp³-hybridized carbons (Fsp3) is 0.429. The number of carbonyl (C=O) groups is 2. The lowest BCUT2D eigenvalue weighted by molar-refractivity contribution is -0.217. The van der Waals surface area contributed by atoms with Crippen molar-refractivity contribution < 1.29 is 39.5 Å². The molecule has 0 aromatic heterocycles. The molecule has 1 saturated heterocycles. The summed E-state index contributed by atoms with van der Waals surface area (Å²) in [6.45, 7) is -0.617. The minimum absolute atomic E-state index is 0.00213. The Kier molecular flexibility index (Phi) is 5.09. The van der Waals surface area contributed by atoms with Crippen LogP contribution in [0.25, 0.3) is 0 Å². The molecular formula is C14H16O8. The predicted molar refractivity (Wildman–Crippen MR) is 71.2 cm³/mol. The zero-order valence-electron chi connectivity index (χ0n) is 11.5. The molecule has 4 N–H and O–H groups in total.